The number of aromatic nitrogens is 2. The van der Waals surface area contributed by atoms with Gasteiger partial charge in [-0.25, -0.2) is 0 Å². The second-order valence-electron chi connectivity index (χ2n) is 5.33. The van der Waals surface area contributed by atoms with Gasteiger partial charge in [-0.3, -0.25) is 0 Å². The first-order valence-corrected chi connectivity index (χ1v) is 13.4. The zero-order chi connectivity index (χ0) is 17.2. The maximum atomic E-state index is 4.58. The summed E-state index contributed by atoms with van der Waals surface area (Å²) >= 11 is 8.16. The van der Waals surface area contributed by atoms with Gasteiger partial charge in [-0.15, -0.1) is 0 Å². The van der Waals surface area contributed by atoms with E-state index in [1.54, 1.807) is 20.4 Å². The molecule has 0 unspecified atom stereocenters. The zero-order valence-corrected chi connectivity index (χ0v) is 18.3. The predicted molar refractivity (Wildman–Crippen MR) is 118 cm³/mol. The topological polar surface area (TPSA) is 25.8 Å². The SMILES string of the molecule is BrSc1cccc(-c2ccc(-c3cccc(SBr)c3)c3nsnc23)c1. The molecule has 0 saturated carbocycles. The molecule has 0 atom stereocenters. The molecular formula is C18H10Br2N2S3. The molecule has 4 rings (SSSR count). The molecule has 124 valence electrons. The van der Waals surface area contributed by atoms with Crippen LogP contribution in [0.3, 0.4) is 0 Å². The third kappa shape index (κ3) is 3.53. The van der Waals surface area contributed by atoms with Crippen LogP contribution in [0.25, 0.3) is 33.3 Å². The minimum atomic E-state index is 0.955. The molecule has 0 aliphatic heterocycles. The third-order valence-electron chi connectivity index (χ3n) is 3.88. The van der Waals surface area contributed by atoms with E-state index in [1.807, 2.05) is 0 Å². The molecule has 0 saturated heterocycles. The summed E-state index contributed by atoms with van der Waals surface area (Å²) in [4.78, 5) is 2.33. The van der Waals surface area contributed by atoms with Crippen molar-refractivity contribution in [3.8, 4) is 22.3 Å². The third-order valence-corrected chi connectivity index (χ3v) is 7.52. The Morgan fingerprint density at radius 3 is 1.60 bits per heavy atom. The molecule has 3 aromatic carbocycles. The molecule has 1 heterocycles. The molecule has 0 spiro atoms. The van der Waals surface area contributed by atoms with Crippen molar-refractivity contribution in [2.45, 2.75) is 9.79 Å². The van der Waals surface area contributed by atoms with Crippen molar-refractivity contribution in [3.05, 3.63) is 60.7 Å². The van der Waals surface area contributed by atoms with Gasteiger partial charge in [-0.05, 0) is 85.4 Å². The zero-order valence-electron chi connectivity index (χ0n) is 12.6. The molecule has 25 heavy (non-hydrogen) atoms. The molecule has 4 aromatic rings. The molecule has 0 N–H and O–H groups in total. The molecule has 2 nitrogen and oxygen atoms in total. The van der Waals surface area contributed by atoms with Gasteiger partial charge in [-0.2, -0.15) is 8.75 Å². The molecule has 0 aliphatic carbocycles. The van der Waals surface area contributed by atoms with Gasteiger partial charge in [0.25, 0.3) is 0 Å². The van der Waals surface area contributed by atoms with E-state index >= 15 is 0 Å². The Morgan fingerprint density at radius 2 is 1.16 bits per heavy atom. The highest BCUT2D eigenvalue weighted by Crippen LogP contribution is 2.37. The second-order valence-corrected chi connectivity index (χ2v) is 9.05. The van der Waals surface area contributed by atoms with Gasteiger partial charge >= 0.3 is 0 Å². The number of fused-ring (bicyclic) bond motifs is 1. The van der Waals surface area contributed by atoms with Gasteiger partial charge in [0, 0.05) is 20.9 Å². The normalized spacial score (nSPS) is 11.1. The van der Waals surface area contributed by atoms with E-state index < -0.39 is 0 Å². The van der Waals surface area contributed by atoms with Crippen LogP contribution >= 0.6 is 61.7 Å². The first-order chi connectivity index (χ1) is 12.3. The lowest BCUT2D eigenvalue weighted by Crippen LogP contribution is -1.86. The van der Waals surface area contributed by atoms with Crippen LogP contribution in [0.2, 0.25) is 0 Å². The van der Waals surface area contributed by atoms with E-state index in [-0.39, 0.29) is 0 Å². The van der Waals surface area contributed by atoms with Crippen molar-refractivity contribution in [2.24, 2.45) is 0 Å². The summed E-state index contributed by atoms with van der Waals surface area (Å²) in [7, 11) is 3.12. The Balaban J connectivity index is 1.89. The molecule has 1 aromatic heterocycles. The highest BCUT2D eigenvalue weighted by atomic mass is 79.9. The summed E-state index contributed by atoms with van der Waals surface area (Å²) < 4.78 is 9.15. The summed E-state index contributed by atoms with van der Waals surface area (Å²) in [5, 5.41) is 0. The van der Waals surface area contributed by atoms with E-state index in [9.17, 15) is 0 Å². The van der Waals surface area contributed by atoms with Crippen molar-refractivity contribution < 1.29 is 0 Å². The Morgan fingerprint density at radius 1 is 0.680 bits per heavy atom. The molecular weight excluding hydrogens is 500 g/mol. The van der Waals surface area contributed by atoms with E-state index in [1.165, 1.54) is 21.5 Å². The van der Waals surface area contributed by atoms with Crippen LogP contribution in [0.5, 0.6) is 0 Å². The maximum Gasteiger partial charge on any atom is 0.113 e. The van der Waals surface area contributed by atoms with Crippen molar-refractivity contribution in [2.75, 3.05) is 0 Å². The van der Waals surface area contributed by atoms with Crippen LogP contribution in [0, 0.1) is 0 Å². The Hall–Kier alpha value is -0.860. The highest BCUT2D eigenvalue weighted by Gasteiger charge is 2.14. The quantitative estimate of drug-likeness (QED) is 0.280. The van der Waals surface area contributed by atoms with Gasteiger partial charge in [0.2, 0.25) is 0 Å². The smallest absolute Gasteiger partial charge is 0.113 e. The van der Waals surface area contributed by atoms with Gasteiger partial charge in [0.15, 0.2) is 0 Å². The molecule has 0 radical (unpaired) electrons. The average molecular weight is 510 g/mol. The molecule has 0 bridgehead atoms. The molecule has 7 heteroatoms. The summed E-state index contributed by atoms with van der Waals surface area (Å²) in [6, 6.07) is 21.1. The number of hydrogen-bond acceptors (Lipinski definition) is 5. The van der Waals surface area contributed by atoms with Crippen molar-refractivity contribution in [1.82, 2.24) is 8.75 Å². The van der Waals surface area contributed by atoms with E-state index in [0.29, 0.717) is 0 Å². The largest absolute Gasteiger partial charge is 0.172 e. The van der Waals surface area contributed by atoms with Crippen LogP contribution in [-0.4, -0.2) is 8.75 Å². The lowest BCUT2D eigenvalue weighted by molar-refractivity contribution is 1.46. The fraction of sp³-hybridized carbons (Fsp3) is 0. The van der Waals surface area contributed by atoms with Crippen molar-refractivity contribution in [3.63, 3.8) is 0 Å². The summed E-state index contributed by atoms with van der Waals surface area (Å²) in [6.07, 6.45) is 0. The van der Waals surface area contributed by atoms with E-state index in [2.05, 4.69) is 99.0 Å². The fourth-order valence-electron chi connectivity index (χ4n) is 2.76. The Bertz CT molecular complexity index is 968. The Kier molecular flexibility index (Phi) is 5.47. The minimum Gasteiger partial charge on any atom is -0.172 e. The minimum absolute atomic E-state index is 0.955. The summed E-state index contributed by atoms with van der Waals surface area (Å²) in [5.74, 6) is 0. The van der Waals surface area contributed by atoms with Gasteiger partial charge in [0.1, 0.15) is 11.0 Å². The molecule has 0 aliphatic rings. The second kappa shape index (κ2) is 7.80. The number of hydrogen-bond donors (Lipinski definition) is 0. The van der Waals surface area contributed by atoms with Gasteiger partial charge < -0.3 is 0 Å². The number of halogens is 2. The van der Waals surface area contributed by atoms with Gasteiger partial charge in [0.05, 0.1) is 11.7 Å². The van der Waals surface area contributed by atoms with E-state index in [4.69, 9.17) is 0 Å². The highest BCUT2D eigenvalue weighted by molar-refractivity contribution is 9.50. The van der Waals surface area contributed by atoms with Crippen LogP contribution in [0.1, 0.15) is 0 Å². The van der Waals surface area contributed by atoms with Crippen LogP contribution < -0.4 is 0 Å². The van der Waals surface area contributed by atoms with Gasteiger partial charge in [-0.1, -0.05) is 36.4 Å². The first-order valence-electron chi connectivity index (χ1n) is 7.33. The first kappa shape index (κ1) is 17.5. The average Bonchev–Trinajstić information content (AvgIpc) is 3.17. The molecule has 0 fully saturated rings. The predicted octanol–water partition coefficient (Wildman–Crippen LogP) is 7.83. The summed E-state index contributed by atoms with van der Waals surface area (Å²) in [5.41, 5.74) is 6.44. The number of rotatable bonds is 4. The fourth-order valence-corrected chi connectivity index (χ4v) is 5.14. The van der Waals surface area contributed by atoms with Crippen LogP contribution in [-0.2, 0) is 0 Å². The Labute approximate surface area is 173 Å². The van der Waals surface area contributed by atoms with Crippen LogP contribution in [0.15, 0.2) is 70.5 Å². The van der Waals surface area contributed by atoms with Crippen molar-refractivity contribution in [1.29, 1.82) is 0 Å². The lowest BCUT2D eigenvalue weighted by atomic mass is 9.98. The number of nitrogens with zero attached hydrogens (tertiary/aromatic N) is 2. The summed E-state index contributed by atoms with van der Waals surface area (Å²) in [6.45, 7) is 0. The van der Waals surface area contributed by atoms with Crippen molar-refractivity contribution >= 4 is 72.8 Å². The standard InChI is InChI=1S/C18H10Br2N2S3/c19-23-13-5-1-3-11(9-13)15-7-8-16(18-17(15)21-25-22-18)12-4-2-6-14(10-12)24-20/h1-10H. The molecule has 0 amide bonds. The monoisotopic (exact) mass is 508 g/mol. The number of benzene rings is 3. The lowest BCUT2D eigenvalue weighted by Gasteiger charge is -2.08. The van der Waals surface area contributed by atoms with Crippen LogP contribution in [0.4, 0.5) is 0 Å². The maximum absolute atomic E-state index is 4.58. The van der Waals surface area contributed by atoms with E-state index in [0.717, 1.165) is 33.3 Å².